The molecule has 0 saturated heterocycles. The zero-order chi connectivity index (χ0) is 13.1. The van der Waals surface area contributed by atoms with Crippen molar-refractivity contribution >= 4 is 11.6 Å². The number of nitrogen functional groups attached to an aromatic ring is 1. The smallest absolute Gasteiger partial charge is 0.253 e. The number of carbonyl (C=O) groups is 1. The molecule has 0 fully saturated rings. The molecule has 0 radical (unpaired) electrons. The van der Waals surface area contributed by atoms with E-state index < -0.39 is 0 Å². The molecule has 0 atom stereocenters. The number of nitrogens with two attached hydrogens (primary N) is 1. The van der Waals surface area contributed by atoms with Gasteiger partial charge in [0, 0.05) is 30.7 Å². The van der Waals surface area contributed by atoms with Gasteiger partial charge >= 0.3 is 0 Å². The van der Waals surface area contributed by atoms with Gasteiger partial charge in [0.25, 0.3) is 5.91 Å². The molecule has 1 heterocycles. The molecule has 3 N–H and O–H groups in total. The number of nitrogens with zero attached hydrogens (tertiary/aromatic N) is 2. The summed E-state index contributed by atoms with van der Waals surface area (Å²) in [5.41, 5.74) is 8.55. The lowest BCUT2D eigenvalue weighted by molar-refractivity contribution is 0.0964. The van der Waals surface area contributed by atoms with Crippen LogP contribution in [0, 0.1) is 6.92 Å². The van der Waals surface area contributed by atoms with Crippen molar-refractivity contribution < 1.29 is 4.79 Å². The van der Waals surface area contributed by atoms with Gasteiger partial charge in [-0.1, -0.05) is 0 Å². The van der Waals surface area contributed by atoms with Gasteiger partial charge in [0.05, 0.1) is 5.56 Å². The highest BCUT2D eigenvalue weighted by Gasteiger charge is 2.14. The molecule has 0 saturated carbocycles. The summed E-state index contributed by atoms with van der Waals surface area (Å²) in [5.74, 6) is 0.404. The SMILES string of the molecule is CNC(=O)c1ccc(-c2ncccn2)c(C)c1N. The van der Waals surface area contributed by atoms with E-state index in [1.165, 1.54) is 0 Å². The van der Waals surface area contributed by atoms with Crippen LogP contribution < -0.4 is 11.1 Å². The fourth-order valence-electron chi connectivity index (χ4n) is 1.74. The number of benzene rings is 1. The number of hydrogen-bond acceptors (Lipinski definition) is 4. The van der Waals surface area contributed by atoms with E-state index in [1.54, 1.807) is 31.6 Å². The fourth-order valence-corrected chi connectivity index (χ4v) is 1.74. The standard InChI is InChI=1S/C13H14N4O/c1-8-9(12-16-6-3-7-17-12)4-5-10(11(8)14)13(18)15-2/h3-7H,14H2,1-2H3,(H,15,18). The van der Waals surface area contributed by atoms with Crippen LogP contribution in [0.2, 0.25) is 0 Å². The van der Waals surface area contributed by atoms with Crippen LogP contribution >= 0.6 is 0 Å². The lowest BCUT2D eigenvalue weighted by atomic mass is 10.0. The summed E-state index contributed by atoms with van der Waals surface area (Å²) in [6.45, 7) is 1.85. The van der Waals surface area contributed by atoms with Crippen molar-refractivity contribution in [2.45, 2.75) is 6.92 Å². The van der Waals surface area contributed by atoms with Crippen molar-refractivity contribution in [3.05, 3.63) is 41.7 Å². The van der Waals surface area contributed by atoms with Crippen molar-refractivity contribution in [1.82, 2.24) is 15.3 Å². The molecule has 0 aliphatic carbocycles. The Bertz CT molecular complexity index is 581. The molecule has 5 heteroatoms. The number of aromatic nitrogens is 2. The van der Waals surface area contributed by atoms with Crippen molar-refractivity contribution in [1.29, 1.82) is 0 Å². The van der Waals surface area contributed by atoms with E-state index in [2.05, 4.69) is 15.3 Å². The van der Waals surface area contributed by atoms with E-state index >= 15 is 0 Å². The summed E-state index contributed by atoms with van der Waals surface area (Å²) in [4.78, 5) is 20.0. The number of hydrogen-bond donors (Lipinski definition) is 2. The quantitative estimate of drug-likeness (QED) is 0.780. The first kappa shape index (κ1) is 12.0. The Labute approximate surface area is 105 Å². The highest BCUT2D eigenvalue weighted by atomic mass is 16.1. The van der Waals surface area contributed by atoms with Gasteiger partial charge in [-0.25, -0.2) is 9.97 Å². The van der Waals surface area contributed by atoms with Gasteiger partial charge in [-0.15, -0.1) is 0 Å². The molecule has 1 aromatic heterocycles. The Morgan fingerprint density at radius 1 is 1.28 bits per heavy atom. The summed E-state index contributed by atoms with van der Waals surface area (Å²) in [5, 5.41) is 2.56. The van der Waals surface area contributed by atoms with Gasteiger partial charge in [-0.2, -0.15) is 0 Å². The highest BCUT2D eigenvalue weighted by Crippen LogP contribution is 2.27. The van der Waals surface area contributed by atoms with Gasteiger partial charge in [-0.3, -0.25) is 4.79 Å². The number of nitrogens with one attached hydrogen (secondary N) is 1. The zero-order valence-electron chi connectivity index (χ0n) is 10.3. The topological polar surface area (TPSA) is 80.9 Å². The Kier molecular flexibility index (Phi) is 3.23. The van der Waals surface area contributed by atoms with Crippen molar-refractivity contribution in [2.75, 3.05) is 12.8 Å². The van der Waals surface area contributed by atoms with Crippen LogP contribution in [0.1, 0.15) is 15.9 Å². The van der Waals surface area contributed by atoms with Crippen LogP contribution in [0.4, 0.5) is 5.69 Å². The maximum atomic E-state index is 11.6. The molecule has 1 aromatic carbocycles. The monoisotopic (exact) mass is 242 g/mol. The van der Waals surface area contributed by atoms with E-state index in [0.29, 0.717) is 17.1 Å². The van der Waals surface area contributed by atoms with Gasteiger partial charge in [0.15, 0.2) is 5.82 Å². The van der Waals surface area contributed by atoms with Crippen molar-refractivity contribution in [3.63, 3.8) is 0 Å². The number of rotatable bonds is 2. The van der Waals surface area contributed by atoms with E-state index in [0.717, 1.165) is 11.1 Å². The van der Waals surface area contributed by atoms with E-state index in [-0.39, 0.29) is 5.91 Å². The van der Waals surface area contributed by atoms with Gasteiger partial charge < -0.3 is 11.1 Å². The summed E-state index contributed by atoms with van der Waals surface area (Å²) in [7, 11) is 1.57. The molecule has 18 heavy (non-hydrogen) atoms. The summed E-state index contributed by atoms with van der Waals surface area (Å²) < 4.78 is 0. The average molecular weight is 242 g/mol. The molecule has 92 valence electrons. The Morgan fingerprint density at radius 3 is 2.56 bits per heavy atom. The van der Waals surface area contributed by atoms with E-state index in [1.807, 2.05) is 13.0 Å². The molecule has 0 unspecified atom stereocenters. The Morgan fingerprint density at radius 2 is 1.94 bits per heavy atom. The molecule has 5 nitrogen and oxygen atoms in total. The minimum atomic E-state index is -0.198. The Balaban J connectivity index is 2.54. The Hall–Kier alpha value is -2.43. The first-order valence-corrected chi connectivity index (χ1v) is 5.53. The first-order valence-electron chi connectivity index (χ1n) is 5.53. The molecule has 0 aliphatic heterocycles. The predicted molar refractivity (Wildman–Crippen MR) is 70.0 cm³/mol. The van der Waals surface area contributed by atoms with Crippen molar-refractivity contribution in [2.24, 2.45) is 0 Å². The van der Waals surface area contributed by atoms with Gasteiger partial charge in [0.2, 0.25) is 0 Å². The molecule has 1 amide bonds. The molecule has 0 spiro atoms. The van der Waals surface area contributed by atoms with Gasteiger partial charge in [-0.05, 0) is 30.7 Å². The largest absolute Gasteiger partial charge is 0.398 e. The van der Waals surface area contributed by atoms with Crippen LogP contribution in [0.5, 0.6) is 0 Å². The summed E-state index contributed by atoms with van der Waals surface area (Å²) in [6.07, 6.45) is 3.34. The average Bonchev–Trinajstić information content (AvgIpc) is 2.42. The van der Waals surface area contributed by atoms with Crippen LogP contribution in [0.25, 0.3) is 11.4 Å². The highest BCUT2D eigenvalue weighted by molar-refractivity contribution is 6.00. The zero-order valence-corrected chi connectivity index (χ0v) is 10.3. The third kappa shape index (κ3) is 2.02. The van der Waals surface area contributed by atoms with Crippen molar-refractivity contribution in [3.8, 4) is 11.4 Å². The third-order valence-electron chi connectivity index (χ3n) is 2.79. The molecular weight excluding hydrogens is 228 g/mol. The lowest BCUT2D eigenvalue weighted by Crippen LogP contribution is -2.19. The lowest BCUT2D eigenvalue weighted by Gasteiger charge is -2.11. The minimum Gasteiger partial charge on any atom is -0.398 e. The number of carbonyl (C=O) groups excluding carboxylic acids is 1. The second-order valence-electron chi connectivity index (χ2n) is 3.85. The van der Waals surface area contributed by atoms with E-state index in [4.69, 9.17) is 5.73 Å². The number of amides is 1. The summed E-state index contributed by atoms with van der Waals surface area (Å²) in [6, 6.07) is 5.25. The fraction of sp³-hybridized carbons (Fsp3) is 0.154. The molecule has 0 bridgehead atoms. The normalized spacial score (nSPS) is 10.1. The first-order chi connectivity index (χ1) is 8.65. The van der Waals surface area contributed by atoms with Crippen LogP contribution in [0.15, 0.2) is 30.6 Å². The van der Waals surface area contributed by atoms with E-state index in [9.17, 15) is 4.79 Å². The maximum absolute atomic E-state index is 11.6. The minimum absolute atomic E-state index is 0.198. The van der Waals surface area contributed by atoms with Crippen LogP contribution in [-0.4, -0.2) is 22.9 Å². The third-order valence-corrected chi connectivity index (χ3v) is 2.79. The number of anilines is 1. The molecular formula is C13H14N4O. The summed E-state index contributed by atoms with van der Waals surface area (Å²) >= 11 is 0. The van der Waals surface area contributed by atoms with Crippen LogP contribution in [-0.2, 0) is 0 Å². The molecule has 2 aromatic rings. The predicted octanol–water partition coefficient (Wildman–Crippen LogP) is 1.39. The van der Waals surface area contributed by atoms with Gasteiger partial charge in [0.1, 0.15) is 0 Å². The maximum Gasteiger partial charge on any atom is 0.253 e. The molecule has 2 rings (SSSR count). The second-order valence-corrected chi connectivity index (χ2v) is 3.85. The second kappa shape index (κ2) is 4.83. The molecule has 0 aliphatic rings. The van der Waals surface area contributed by atoms with Crippen LogP contribution in [0.3, 0.4) is 0 Å².